The molecule has 100 valence electrons. The molecule has 0 radical (unpaired) electrons. The average molecular weight is 288 g/mol. The predicted octanol–water partition coefficient (Wildman–Crippen LogP) is 2.83. The van der Waals surface area contributed by atoms with Crippen LogP contribution in [-0.4, -0.2) is 25.6 Å². The number of hydrogen-bond acceptors (Lipinski definition) is 3. The van der Waals surface area contributed by atoms with Crippen LogP contribution in [0.25, 0.3) is 11.2 Å². The molecule has 5 nitrogen and oxygen atoms in total. The summed E-state index contributed by atoms with van der Waals surface area (Å²) in [5.74, 6) is -0.943. The summed E-state index contributed by atoms with van der Waals surface area (Å²) in [7, 11) is 0. The minimum absolute atomic E-state index is 0.281. The summed E-state index contributed by atoms with van der Waals surface area (Å²) in [4.78, 5) is 19.7. The Morgan fingerprint density at radius 3 is 2.90 bits per heavy atom. The predicted molar refractivity (Wildman–Crippen MR) is 75.0 cm³/mol. The van der Waals surface area contributed by atoms with Crippen LogP contribution in [0.15, 0.2) is 42.9 Å². The molecule has 0 amide bonds. The SMILES string of the molecule is O=C(O)c1ccccc1Cn1cnc2cc(Cl)cnc21. The molecule has 6 heteroatoms. The Labute approximate surface area is 119 Å². The first kappa shape index (κ1) is 12.6. The van der Waals surface area contributed by atoms with Gasteiger partial charge in [0.25, 0.3) is 0 Å². The zero-order valence-corrected chi connectivity index (χ0v) is 11.1. The van der Waals surface area contributed by atoms with Crippen LogP contribution in [0.1, 0.15) is 15.9 Å². The molecule has 0 aliphatic rings. The molecule has 0 fully saturated rings. The number of aromatic nitrogens is 3. The number of nitrogens with zero attached hydrogens (tertiary/aromatic N) is 3. The third kappa shape index (κ3) is 2.23. The van der Waals surface area contributed by atoms with Gasteiger partial charge in [-0.25, -0.2) is 14.8 Å². The fourth-order valence-corrected chi connectivity index (χ4v) is 2.24. The fraction of sp³-hybridized carbons (Fsp3) is 0.0714. The minimum Gasteiger partial charge on any atom is -0.478 e. The Morgan fingerprint density at radius 1 is 1.30 bits per heavy atom. The number of fused-ring (bicyclic) bond motifs is 1. The Morgan fingerprint density at radius 2 is 2.10 bits per heavy atom. The van der Waals surface area contributed by atoms with E-state index >= 15 is 0 Å². The average Bonchev–Trinajstić information content (AvgIpc) is 2.81. The number of pyridine rings is 1. The van der Waals surface area contributed by atoms with Crippen molar-refractivity contribution in [1.82, 2.24) is 14.5 Å². The van der Waals surface area contributed by atoms with E-state index in [-0.39, 0.29) is 5.56 Å². The first-order valence-electron chi connectivity index (χ1n) is 5.93. The lowest BCUT2D eigenvalue weighted by Gasteiger charge is -2.07. The molecule has 2 heterocycles. The molecule has 20 heavy (non-hydrogen) atoms. The molecule has 0 spiro atoms. The number of carbonyl (C=O) groups is 1. The summed E-state index contributed by atoms with van der Waals surface area (Å²) < 4.78 is 1.80. The third-order valence-corrected chi connectivity index (χ3v) is 3.22. The van der Waals surface area contributed by atoms with Crippen molar-refractivity contribution in [2.24, 2.45) is 0 Å². The second-order valence-electron chi connectivity index (χ2n) is 4.33. The molecule has 0 bridgehead atoms. The zero-order chi connectivity index (χ0) is 14.1. The number of benzene rings is 1. The first-order valence-corrected chi connectivity index (χ1v) is 6.30. The molecular weight excluding hydrogens is 278 g/mol. The van der Waals surface area contributed by atoms with Gasteiger partial charge in [0.15, 0.2) is 5.65 Å². The minimum atomic E-state index is -0.943. The van der Waals surface area contributed by atoms with E-state index < -0.39 is 5.97 Å². The van der Waals surface area contributed by atoms with Gasteiger partial charge in [0, 0.05) is 6.20 Å². The van der Waals surface area contributed by atoms with E-state index in [0.29, 0.717) is 28.3 Å². The van der Waals surface area contributed by atoms with Gasteiger partial charge in [-0.2, -0.15) is 0 Å². The van der Waals surface area contributed by atoms with E-state index in [1.54, 1.807) is 41.4 Å². The maximum Gasteiger partial charge on any atom is 0.336 e. The number of hydrogen-bond donors (Lipinski definition) is 1. The van der Waals surface area contributed by atoms with E-state index in [4.69, 9.17) is 11.6 Å². The summed E-state index contributed by atoms with van der Waals surface area (Å²) >= 11 is 5.87. The monoisotopic (exact) mass is 287 g/mol. The van der Waals surface area contributed by atoms with Gasteiger partial charge in [-0.3, -0.25) is 0 Å². The Balaban J connectivity index is 2.04. The van der Waals surface area contributed by atoms with E-state index in [1.165, 1.54) is 0 Å². The first-order chi connectivity index (χ1) is 9.65. The van der Waals surface area contributed by atoms with E-state index in [0.717, 1.165) is 0 Å². The molecular formula is C14H10ClN3O2. The second-order valence-corrected chi connectivity index (χ2v) is 4.77. The molecule has 0 aliphatic carbocycles. The normalized spacial score (nSPS) is 10.8. The highest BCUT2D eigenvalue weighted by atomic mass is 35.5. The fourth-order valence-electron chi connectivity index (χ4n) is 2.09. The quantitative estimate of drug-likeness (QED) is 0.804. The van der Waals surface area contributed by atoms with Crippen molar-refractivity contribution in [3.63, 3.8) is 0 Å². The molecule has 0 aliphatic heterocycles. The third-order valence-electron chi connectivity index (χ3n) is 3.01. The molecule has 0 unspecified atom stereocenters. The van der Waals surface area contributed by atoms with Gasteiger partial charge < -0.3 is 9.67 Å². The lowest BCUT2D eigenvalue weighted by atomic mass is 10.1. The van der Waals surface area contributed by atoms with E-state index in [1.807, 2.05) is 6.07 Å². The van der Waals surface area contributed by atoms with Gasteiger partial charge >= 0.3 is 5.97 Å². The van der Waals surface area contributed by atoms with Crippen LogP contribution >= 0.6 is 11.6 Å². The molecule has 2 aromatic heterocycles. The largest absolute Gasteiger partial charge is 0.478 e. The summed E-state index contributed by atoms with van der Waals surface area (Å²) in [5.41, 5.74) is 2.35. The van der Waals surface area contributed by atoms with Gasteiger partial charge in [-0.1, -0.05) is 29.8 Å². The second kappa shape index (κ2) is 4.94. The van der Waals surface area contributed by atoms with Crippen molar-refractivity contribution >= 4 is 28.7 Å². The standard InChI is InChI=1S/C14H10ClN3O2/c15-10-5-12-13(16-6-10)18(8-17-12)7-9-3-1-2-4-11(9)14(19)20/h1-6,8H,7H2,(H,19,20). The lowest BCUT2D eigenvalue weighted by Crippen LogP contribution is -2.06. The van der Waals surface area contributed by atoms with Crippen LogP contribution in [-0.2, 0) is 6.54 Å². The molecule has 1 aromatic carbocycles. The van der Waals surface area contributed by atoms with Crippen LogP contribution in [0, 0.1) is 0 Å². The number of carboxylic acids is 1. The number of halogens is 1. The number of carboxylic acid groups (broad SMARTS) is 1. The van der Waals surface area contributed by atoms with Gasteiger partial charge in [-0.05, 0) is 17.7 Å². The molecule has 0 saturated heterocycles. The van der Waals surface area contributed by atoms with Crippen molar-refractivity contribution in [2.45, 2.75) is 6.54 Å². The van der Waals surface area contributed by atoms with Crippen LogP contribution in [0.4, 0.5) is 0 Å². The van der Waals surface area contributed by atoms with E-state index in [2.05, 4.69) is 9.97 Å². The van der Waals surface area contributed by atoms with Crippen LogP contribution in [0.2, 0.25) is 5.02 Å². The smallest absolute Gasteiger partial charge is 0.336 e. The molecule has 1 N–H and O–H groups in total. The van der Waals surface area contributed by atoms with Gasteiger partial charge in [0.2, 0.25) is 0 Å². The molecule has 3 aromatic rings. The number of rotatable bonds is 3. The van der Waals surface area contributed by atoms with Crippen LogP contribution in [0.3, 0.4) is 0 Å². The highest BCUT2D eigenvalue weighted by Gasteiger charge is 2.11. The topological polar surface area (TPSA) is 68.0 Å². The van der Waals surface area contributed by atoms with Crippen molar-refractivity contribution < 1.29 is 9.90 Å². The van der Waals surface area contributed by atoms with Crippen molar-refractivity contribution in [2.75, 3.05) is 0 Å². The van der Waals surface area contributed by atoms with Crippen LogP contribution < -0.4 is 0 Å². The Kier molecular flexibility index (Phi) is 3.12. The lowest BCUT2D eigenvalue weighted by molar-refractivity contribution is 0.0695. The maximum absolute atomic E-state index is 11.2. The highest BCUT2D eigenvalue weighted by Crippen LogP contribution is 2.18. The van der Waals surface area contributed by atoms with Crippen molar-refractivity contribution in [3.8, 4) is 0 Å². The molecule has 0 atom stereocenters. The van der Waals surface area contributed by atoms with Crippen molar-refractivity contribution in [3.05, 3.63) is 59.0 Å². The summed E-state index contributed by atoms with van der Waals surface area (Å²) in [5, 5.41) is 9.71. The summed E-state index contributed by atoms with van der Waals surface area (Å²) in [6, 6.07) is 8.61. The van der Waals surface area contributed by atoms with Gasteiger partial charge in [0.1, 0.15) is 5.52 Å². The van der Waals surface area contributed by atoms with E-state index in [9.17, 15) is 9.90 Å². The van der Waals surface area contributed by atoms with Crippen LogP contribution in [0.5, 0.6) is 0 Å². The zero-order valence-electron chi connectivity index (χ0n) is 10.3. The maximum atomic E-state index is 11.2. The van der Waals surface area contributed by atoms with Gasteiger partial charge in [-0.15, -0.1) is 0 Å². The number of imidazole rings is 1. The Bertz CT molecular complexity index is 798. The Hall–Kier alpha value is -2.40. The molecule has 3 rings (SSSR count). The van der Waals surface area contributed by atoms with Gasteiger partial charge in [0.05, 0.1) is 23.5 Å². The number of aromatic carboxylic acids is 1. The summed E-state index contributed by atoms with van der Waals surface area (Å²) in [6.45, 7) is 0.396. The highest BCUT2D eigenvalue weighted by molar-refractivity contribution is 6.31. The van der Waals surface area contributed by atoms with Crippen molar-refractivity contribution in [1.29, 1.82) is 0 Å². The molecule has 0 saturated carbocycles. The summed E-state index contributed by atoms with van der Waals surface area (Å²) in [6.07, 6.45) is 3.18.